The summed E-state index contributed by atoms with van der Waals surface area (Å²) < 4.78 is 29.0. The maximum absolute atomic E-state index is 12.0. The summed E-state index contributed by atoms with van der Waals surface area (Å²) in [6, 6.07) is 6.68. The zero-order valence-corrected chi connectivity index (χ0v) is 10.4. The molecule has 0 amide bonds. The number of benzene rings is 1. The second-order valence-corrected chi connectivity index (χ2v) is 6.28. The van der Waals surface area contributed by atoms with Crippen molar-refractivity contribution in [3.8, 4) is 0 Å². The van der Waals surface area contributed by atoms with Gasteiger partial charge in [0, 0.05) is 6.42 Å². The lowest BCUT2D eigenvalue weighted by atomic mass is 10.2. The second kappa shape index (κ2) is 4.49. The lowest BCUT2D eigenvalue weighted by Gasteiger charge is -2.10. The molecule has 92 valence electrons. The highest BCUT2D eigenvalue weighted by Crippen LogP contribution is 2.20. The maximum atomic E-state index is 12.0. The van der Waals surface area contributed by atoms with E-state index in [0.717, 1.165) is 5.56 Å². The van der Waals surface area contributed by atoms with Gasteiger partial charge in [0.1, 0.15) is 6.10 Å². The van der Waals surface area contributed by atoms with Gasteiger partial charge in [0.05, 0.1) is 10.6 Å². The van der Waals surface area contributed by atoms with Gasteiger partial charge in [-0.2, -0.15) is 0 Å². The van der Waals surface area contributed by atoms with Crippen LogP contribution >= 0.6 is 0 Å². The Hall–Kier alpha value is -1.36. The summed E-state index contributed by atoms with van der Waals surface area (Å²) in [5.41, 5.74) is 1.01. The van der Waals surface area contributed by atoms with Crippen LogP contribution in [0.5, 0.6) is 0 Å². The third-order valence-electron chi connectivity index (χ3n) is 2.75. The van der Waals surface area contributed by atoms with Crippen molar-refractivity contribution in [2.75, 3.05) is 5.75 Å². The zero-order chi connectivity index (χ0) is 12.5. The molecule has 1 aliphatic rings. The van der Waals surface area contributed by atoms with Gasteiger partial charge < -0.3 is 4.74 Å². The normalized spacial score (nSPS) is 20.3. The first kappa shape index (κ1) is 12.1. The first-order chi connectivity index (χ1) is 7.97. The fraction of sp³-hybridized carbons (Fsp3) is 0.417. The van der Waals surface area contributed by atoms with Crippen LogP contribution in [0.25, 0.3) is 0 Å². The van der Waals surface area contributed by atoms with E-state index in [4.69, 9.17) is 4.74 Å². The summed E-state index contributed by atoms with van der Waals surface area (Å²) in [7, 11) is -3.36. The van der Waals surface area contributed by atoms with Crippen molar-refractivity contribution >= 4 is 15.8 Å². The second-order valence-electron chi connectivity index (χ2n) is 4.25. The third-order valence-corrected chi connectivity index (χ3v) is 4.55. The number of hydrogen-bond donors (Lipinski definition) is 0. The molecule has 2 rings (SSSR count). The quantitative estimate of drug-likeness (QED) is 0.766. The molecule has 1 saturated heterocycles. The molecule has 1 aromatic rings. The van der Waals surface area contributed by atoms with E-state index in [9.17, 15) is 13.2 Å². The van der Waals surface area contributed by atoms with E-state index in [1.165, 1.54) is 0 Å². The monoisotopic (exact) mass is 254 g/mol. The topological polar surface area (TPSA) is 60.4 Å². The molecule has 0 radical (unpaired) electrons. The molecule has 0 aliphatic carbocycles. The Kier molecular flexibility index (Phi) is 3.19. The van der Waals surface area contributed by atoms with E-state index < -0.39 is 15.9 Å². The van der Waals surface area contributed by atoms with Crippen molar-refractivity contribution in [2.45, 2.75) is 30.8 Å². The van der Waals surface area contributed by atoms with Gasteiger partial charge in [-0.15, -0.1) is 0 Å². The van der Waals surface area contributed by atoms with Crippen LogP contribution in [0.2, 0.25) is 0 Å². The first-order valence-corrected chi connectivity index (χ1v) is 7.11. The molecule has 1 atom stereocenters. The minimum atomic E-state index is -3.36. The van der Waals surface area contributed by atoms with Crippen molar-refractivity contribution in [3.05, 3.63) is 29.8 Å². The van der Waals surface area contributed by atoms with Crippen molar-refractivity contribution in [1.82, 2.24) is 0 Å². The molecule has 1 aromatic carbocycles. The molecular formula is C12H14O4S. The molecule has 0 aromatic heterocycles. The van der Waals surface area contributed by atoms with E-state index in [-0.39, 0.29) is 16.6 Å². The van der Waals surface area contributed by atoms with Crippen LogP contribution in [0.15, 0.2) is 29.2 Å². The number of carbonyl (C=O) groups is 1. The van der Waals surface area contributed by atoms with Gasteiger partial charge in [0.25, 0.3) is 0 Å². The van der Waals surface area contributed by atoms with Crippen LogP contribution in [0.1, 0.15) is 18.4 Å². The molecule has 17 heavy (non-hydrogen) atoms. The smallest absolute Gasteiger partial charge is 0.306 e. The van der Waals surface area contributed by atoms with Crippen molar-refractivity contribution in [1.29, 1.82) is 0 Å². The predicted octanol–water partition coefficient (Wildman–Crippen LogP) is 1.47. The van der Waals surface area contributed by atoms with Gasteiger partial charge in [-0.3, -0.25) is 4.79 Å². The summed E-state index contributed by atoms with van der Waals surface area (Å²) in [6.45, 7) is 1.90. The fourth-order valence-corrected chi connectivity index (χ4v) is 3.25. The number of cyclic esters (lactones) is 1. The van der Waals surface area contributed by atoms with Crippen LogP contribution in [-0.4, -0.2) is 26.2 Å². The Morgan fingerprint density at radius 1 is 1.29 bits per heavy atom. The van der Waals surface area contributed by atoms with Crippen molar-refractivity contribution < 1.29 is 17.9 Å². The molecule has 0 bridgehead atoms. The van der Waals surface area contributed by atoms with Crippen LogP contribution in [0.3, 0.4) is 0 Å². The van der Waals surface area contributed by atoms with Crippen LogP contribution in [0, 0.1) is 6.92 Å². The summed E-state index contributed by atoms with van der Waals surface area (Å²) in [4.78, 5) is 11.2. The van der Waals surface area contributed by atoms with Crippen LogP contribution in [0.4, 0.5) is 0 Å². The molecular weight excluding hydrogens is 240 g/mol. The number of sulfone groups is 1. The predicted molar refractivity (Wildman–Crippen MR) is 62.3 cm³/mol. The highest BCUT2D eigenvalue weighted by Gasteiger charge is 2.29. The first-order valence-electron chi connectivity index (χ1n) is 5.46. The number of hydrogen-bond acceptors (Lipinski definition) is 4. The van der Waals surface area contributed by atoms with Crippen LogP contribution in [-0.2, 0) is 19.4 Å². The van der Waals surface area contributed by atoms with E-state index in [2.05, 4.69) is 0 Å². The van der Waals surface area contributed by atoms with Gasteiger partial charge in [0.2, 0.25) is 0 Å². The Morgan fingerprint density at radius 3 is 2.47 bits per heavy atom. The highest BCUT2D eigenvalue weighted by molar-refractivity contribution is 7.91. The Labute approximate surface area is 101 Å². The minimum Gasteiger partial charge on any atom is -0.461 e. The number of esters is 1. The summed E-state index contributed by atoms with van der Waals surface area (Å²) in [6.07, 6.45) is 0.312. The number of rotatable bonds is 3. The molecule has 5 heteroatoms. The molecule has 0 spiro atoms. The van der Waals surface area contributed by atoms with Crippen molar-refractivity contribution in [2.24, 2.45) is 0 Å². The zero-order valence-electron chi connectivity index (χ0n) is 9.55. The molecule has 1 fully saturated rings. The standard InChI is InChI=1S/C12H14O4S/c1-9-2-5-11(6-3-9)17(14,15)8-10-4-7-12(13)16-10/h2-3,5-6,10H,4,7-8H2,1H3. The summed E-state index contributed by atoms with van der Waals surface area (Å²) in [5, 5.41) is 0. The number of ether oxygens (including phenoxy) is 1. The van der Waals surface area contributed by atoms with Crippen LogP contribution < -0.4 is 0 Å². The Balaban J connectivity index is 2.14. The van der Waals surface area contributed by atoms with Gasteiger partial charge >= 0.3 is 5.97 Å². The van der Waals surface area contributed by atoms with Gasteiger partial charge in [-0.1, -0.05) is 17.7 Å². The maximum Gasteiger partial charge on any atom is 0.306 e. The Morgan fingerprint density at radius 2 is 1.94 bits per heavy atom. The highest BCUT2D eigenvalue weighted by atomic mass is 32.2. The molecule has 4 nitrogen and oxygen atoms in total. The average molecular weight is 254 g/mol. The summed E-state index contributed by atoms with van der Waals surface area (Å²) in [5.74, 6) is -0.434. The number of carbonyl (C=O) groups excluding carboxylic acids is 1. The summed E-state index contributed by atoms with van der Waals surface area (Å²) >= 11 is 0. The number of aryl methyl sites for hydroxylation is 1. The van der Waals surface area contributed by atoms with E-state index in [1.54, 1.807) is 24.3 Å². The average Bonchev–Trinajstić information content (AvgIpc) is 2.63. The fourth-order valence-electron chi connectivity index (χ4n) is 1.79. The SMILES string of the molecule is Cc1ccc(S(=O)(=O)CC2CCC(=O)O2)cc1. The molecule has 0 saturated carbocycles. The van der Waals surface area contributed by atoms with E-state index in [0.29, 0.717) is 12.8 Å². The molecule has 0 N–H and O–H groups in total. The molecule has 1 unspecified atom stereocenters. The largest absolute Gasteiger partial charge is 0.461 e. The molecule has 1 aliphatic heterocycles. The lowest BCUT2D eigenvalue weighted by molar-refractivity contribution is -0.140. The van der Waals surface area contributed by atoms with E-state index in [1.807, 2.05) is 6.92 Å². The van der Waals surface area contributed by atoms with Gasteiger partial charge in [-0.25, -0.2) is 8.42 Å². The van der Waals surface area contributed by atoms with E-state index >= 15 is 0 Å². The Bertz CT molecular complexity index is 516. The lowest BCUT2D eigenvalue weighted by Crippen LogP contribution is -2.20. The minimum absolute atomic E-state index is 0.123. The van der Waals surface area contributed by atoms with Gasteiger partial charge in [0.15, 0.2) is 9.84 Å². The molecule has 1 heterocycles. The third kappa shape index (κ3) is 2.85. The van der Waals surface area contributed by atoms with Gasteiger partial charge in [-0.05, 0) is 25.5 Å². The van der Waals surface area contributed by atoms with Crippen molar-refractivity contribution in [3.63, 3.8) is 0 Å².